The van der Waals surface area contributed by atoms with Crippen LogP contribution < -0.4 is 0 Å². The zero-order valence-corrected chi connectivity index (χ0v) is 10.9. The maximum absolute atomic E-state index is 11.9. The second-order valence-electron chi connectivity index (χ2n) is 3.97. The zero-order chi connectivity index (χ0) is 11.7. The Bertz CT molecular complexity index is 528. The molecule has 0 radical (unpaired) electrons. The monoisotopic (exact) mass is 280 g/mol. The molecule has 1 unspecified atom stereocenters. The Morgan fingerprint density at radius 3 is 2.88 bits per heavy atom. The van der Waals surface area contributed by atoms with Crippen LogP contribution in [-0.2, 0) is 0 Å². The summed E-state index contributed by atoms with van der Waals surface area (Å²) >= 11 is 3.39. The molecule has 0 aliphatic rings. The molecule has 0 bridgehead atoms. The zero-order valence-electron chi connectivity index (χ0n) is 9.29. The first kappa shape index (κ1) is 11.4. The lowest BCUT2D eigenvalue weighted by molar-refractivity contribution is 0.0901. The lowest BCUT2D eigenvalue weighted by Crippen LogP contribution is -2.08. The van der Waals surface area contributed by atoms with Gasteiger partial charge in [-0.25, -0.2) is 0 Å². The minimum Gasteiger partial charge on any atom is -0.453 e. The number of rotatable bonds is 3. The van der Waals surface area contributed by atoms with Gasteiger partial charge in [0, 0.05) is 15.8 Å². The predicted octanol–water partition coefficient (Wildman–Crippen LogP) is 4.42. The van der Waals surface area contributed by atoms with Crippen molar-refractivity contribution in [3.05, 3.63) is 34.5 Å². The Hall–Kier alpha value is -1.09. The van der Waals surface area contributed by atoms with Gasteiger partial charge in [0.05, 0.1) is 0 Å². The third-order valence-electron chi connectivity index (χ3n) is 2.78. The summed E-state index contributed by atoms with van der Waals surface area (Å²) < 4.78 is 6.53. The number of hydrogen-bond acceptors (Lipinski definition) is 2. The molecule has 2 aromatic rings. The van der Waals surface area contributed by atoms with Gasteiger partial charge in [-0.05, 0) is 30.7 Å². The summed E-state index contributed by atoms with van der Waals surface area (Å²) in [5.74, 6) is 0.557. The molecule has 1 heterocycles. The van der Waals surface area contributed by atoms with Crippen LogP contribution in [0.2, 0.25) is 0 Å². The van der Waals surface area contributed by atoms with Crippen molar-refractivity contribution in [2.45, 2.75) is 20.3 Å². The molecule has 0 spiro atoms. The minimum atomic E-state index is 0.0176. The summed E-state index contributed by atoms with van der Waals surface area (Å²) in [4.78, 5) is 11.9. The van der Waals surface area contributed by atoms with Gasteiger partial charge in [0.2, 0.25) is 5.78 Å². The fraction of sp³-hybridized carbons (Fsp3) is 0.308. The quantitative estimate of drug-likeness (QED) is 0.779. The van der Waals surface area contributed by atoms with E-state index < -0.39 is 0 Å². The van der Waals surface area contributed by atoms with Gasteiger partial charge in [0.1, 0.15) is 5.58 Å². The molecule has 84 valence electrons. The van der Waals surface area contributed by atoms with Crippen molar-refractivity contribution < 1.29 is 9.21 Å². The summed E-state index contributed by atoms with van der Waals surface area (Å²) in [6.45, 7) is 3.92. The normalized spacial score (nSPS) is 12.9. The van der Waals surface area contributed by atoms with Crippen LogP contribution in [0, 0.1) is 5.92 Å². The summed E-state index contributed by atoms with van der Waals surface area (Å²) in [5.41, 5.74) is 0.759. The molecule has 2 nitrogen and oxygen atoms in total. The first-order chi connectivity index (χ1) is 7.61. The Balaban J connectivity index is 2.43. The molecule has 0 saturated heterocycles. The molecule has 1 aromatic carbocycles. The summed E-state index contributed by atoms with van der Waals surface area (Å²) in [7, 11) is 0. The van der Waals surface area contributed by atoms with E-state index in [0.29, 0.717) is 5.76 Å². The topological polar surface area (TPSA) is 30.2 Å². The smallest absolute Gasteiger partial charge is 0.200 e. The Morgan fingerprint density at radius 2 is 2.19 bits per heavy atom. The van der Waals surface area contributed by atoms with Crippen LogP contribution in [0.25, 0.3) is 11.0 Å². The van der Waals surface area contributed by atoms with E-state index in [1.165, 1.54) is 0 Å². The van der Waals surface area contributed by atoms with Gasteiger partial charge in [0.25, 0.3) is 0 Å². The second kappa shape index (κ2) is 4.42. The van der Waals surface area contributed by atoms with Crippen LogP contribution in [0.3, 0.4) is 0 Å². The molecule has 0 saturated carbocycles. The fourth-order valence-electron chi connectivity index (χ4n) is 1.56. The molecule has 0 aliphatic heterocycles. The lowest BCUT2D eigenvalue weighted by atomic mass is 10.0. The number of carbonyl (C=O) groups is 1. The first-order valence-corrected chi connectivity index (χ1v) is 6.14. The average Bonchev–Trinajstić information content (AvgIpc) is 2.69. The Kier molecular flexibility index (Phi) is 3.15. The number of ketones is 1. The molecule has 0 fully saturated rings. The van der Waals surface area contributed by atoms with E-state index in [1.54, 1.807) is 0 Å². The Morgan fingerprint density at radius 1 is 1.44 bits per heavy atom. The summed E-state index contributed by atoms with van der Waals surface area (Å²) in [5, 5.41) is 0.959. The van der Waals surface area contributed by atoms with E-state index >= 15 is 0 Å². The van der Waals surface area contributed by atoms with Crippen molar-refractivity contribution in [2.24, 2.45) is 5.92 Å². The number of carbonyl (C=O) groups excluding carboxylic acids is 1. The van der Waals surface area contributed by atoms with Gasteiger partial charge < -0.3 is 4.42 Å². The van der Waals surface area contributed by atoms with E-state index in [-0.39, 0.29) is 11.7 Å². The van der Waals surface area contributed by atoms with Crippen LogP contribution in [-0.4, -0.2) is 5.78 Å². The molecule has 16 heavy (non-hydrogen) atoms. The standard InChI is InChI=1S/C13H13BrO2/c1-3-8(2)13(15)12-7-9-6-10(14)4-5-11(9)16-12/h4-8H,3H2,1-2H3. The molecule has 0 amide bonds. The molecule has 0 aliphatic carbocycles. The van der Waals surface area contributed by atoms with Gasteiger partial charge in [-0.2, -0.15) is 0 Å². The number of furan rings is 1. The number of fused-ring (bicyclic) bond motifs is 1. The second-order valence-corrected chi connectivity index (χ2v) is 4.88. The summed E-state index contributed by atoms with van der Waals surface area (Å²) in [6, 6.07) is 7.54. The maximum atomic E-state index is 11.9. The van der Waals surface area contributed by atoms with E-state index in [0.717, 1.165) is 21.9 Å². The maximum Gasteiger partial charge on any atom is 0.200 e. The van der Waals surface area contributed by atoms with E-state index in [9.17, 15) is 4.79 Å². The fourth-order valence-corrected chi connectivity index (χ4v) is 1.94. The van der Waals surface area contributed by atoms with Crippen molar-refractivity contribution in [3.8, 4) is 0 Å². The number of benzene rings is 1. The highest BCUT2D eigenvalue weighted by Crippen LogP contribution is 2.25. The molecule has 2 rings (SSSR count). The highest BCUT2D eigenvalue weighted by molar-refractivity contribution is 9.10. The average molecular weight is 281 g/mol. The molecular weight excluding hydrogens is 268 g/mol. The largest absolute Gasteiger partial charge is 0.453 e. The first-order valence-electron chi connectivity index (χ1n) is 5.35. The number of Topliss-reactive ketones (excluding diaryl/α,β-unsaturated/α-hetero) is 1. The molecule has 1 atom stereocenters. The third-order valence-corrected chi connectivity index (χ3v) is 3.27. The van der Waals surface area contributed by atoms with E-state index in [1.807, 2.05) is 38.1 Å². The molecule has 1 aromatic heterocycles. The summed E-state index contributed by atoms with van der Waals surface area (Å²) in [6.07, 6.45) is 0.833. The molecule has 0 N–H and O–H groups in total. The van der Waals surface area contributed by atoms with Gasteiger partial charge in [0.15, 0.2) is 5.76 Å². The van der Waals surface area contributed by atoms with Crippen LogP contribution in [0.4, 0.5) is 0 Å². The number of hydrogen-bond donors (Lipinski definition) is 0. The lowest BCUT2D eigenvalue weighted by Gasteiger charge is -2.02. The van der Waals surface area contributed by atoms with Crippen molar-refractivity contribution in [1.82, 2.24) is 0 Å². The predicted molar refractivity (Wildman–Crippen MR) is 67.7 cm³/mol. The molecular formula is C13H13BrO2. The Labute approximate surface area is 103 Å². The van der Waals surface area contributed by atoms with Crippen molar-refractivity contribution in [1.29, 1.82) is 0 Å². The van der Waals surface area contributed by atoms with E-state index in [2.05, 4.69) is 15.9 Å². The van der Waals surface area contributed by atoms with Crippen LogP contribution in [0.5, 0.6) is 0 Å². The highest BCUT2D eigenvalue weighted by Gasteiger charge is 2.17. The van der Waals surface area contributed by atoms with Gasteiger partial charge in [-0.15, -0.1) is 0 Å². The van der Waals surface area contributed by atoms with Crippen LogP contribution in [0.1, 0.15) is 30.8 Å². The van der Waals surface area contributed by atoms with Gasteiger partial charge in [-0.3, -0.25) is 4.79 Å². The van der Waals surface area contributed by atoms with Crippen LogP contribution >= 0.6 is 15.9 Å². The van der Waals surface area contributed by atoms with E-state index in [4.69, 9.17) is 4.42 Å². The van der Waals surface area contributed by atoms with Crippen LogP contribution in [0.15, 0.2) is 33.2 Å². The third kappa shape index (κ3) is 2.05. The van der Waals surface area contributed by atoms with Crippen molar-refractivity contribution in [2.75, 3.05) is 0 Å². The van der Waals surface area contributed by atoms with Gasteiger partial charge in [-0.1, -0.05) is 29.8 Å². The van der Waals surface area contributed by atoms with Crippen molar-refractivity contribution in [3.63, 3.8) is 0 Å². The molecule has 3 heteroatoms. The highest BCUT2D eigenvalue weighted by atomic mass is 79.9. The number of halogens is 1. The minimum absolute atomic E-state index is 0.0176. The van der Waals surface area contributed by atoms with Gasteiger partial charge >= 0.3 is 0 Å². The van der Waals surface area contributed by atoms with Crippen molar-refractivity contribution >= 4 is 32.7 Å². The SMILES string of the molecule is CCC(C)C(=O)c1cc2cc(Br)ccc2o1.